The molecule has 0 saturated carbocycles. The Balaban J connectivity index is 1.53. The number of hydrogen-bond donors (Lipinski definition) is 0. The van der Waals surface area contributed by atoms with Crippen molar-refractivity contribution in [2.45, 2.75) is 38.8 Å². The van der Waals surface area contributed by atoms with Crippen LogP contribution >= 0.6 is 0 Å². The van der Waals surface area contributed by atoms with Gasteiger partial charge in [-0.05, 0) is 37.8 Å². The van der Waals surface area contributed by atoms with E-state index in [0.29, 0.717) is 11.9 Å². The molecule has 0 radical (unpaired) electrons. The van der Waals surface area contributed by atoms with Crippen molar-refractivity contribution in [1.82, 2.24) is 19.2 Å². The van der Waals surface area contributed by atoms with E-state index in [-0.39, 0.29) is 12.2 Å². The Hall–Kier alpha value is -3.62. The van der Waals surface area contributed by atoms with Gasteiger partial charge in [0.1, 0.15) is 6.54 Å². The van der Waals surface area contributed by atoms with E-state index < -0.39 is 0 Å². The van der Waals surface area contributed by atoms with Crippen LogP contribution in [0.1, 0.15) is 26.2 Å². The maximum Gasteiger partial charge on any atom is 0.351 e. The minimum Gasteiger partial charge on any atom is -0.290 e. The predicted molar refractivity (Wildman–Crippen MR) is 133 cm³/mol. The molecule has 4 aromatic rings. The number of hydrogen-bond acceptors (Lipinski definition) is 3. The Kier molecular flexibility index (Phi) is 6.10. The molecule has 33 heavy (non-hydrogen) atoms. The van der Waals surface area contributed by atoms with E-state index in [1.54, 1.807) is 4.57 Å². The molecule has 0 amide bonds. The van der Waals surface area contributed by atoms with Gasteiger partial charge in [-0.15, -0.1) is 5.10 Å². The summed E-state index contributed by atoms with van der Waals surface area (Å²) in [7, 11) is 0. The first-order chi connectivity index (χ1) is 16.2. The average Bonchev–Trinajstić information content (AvgIpc) is 3.19. The molecule has 1 atom stereocenters. The van der Waals surface area contributed by atoms with Crippen LogP contribution in [0.4, 0.5) is 0 Å². The van der Waals surface area contributed by atoms with E-state index in [9.17, 15) is 4.79 Å². The van der Waals surface area contributed by atoms with Gasteiger partial charge >= 0.3 is 5.69 Å². The molecule has 0 spiro atoms. The number of benzene rings is 3. The lowest BCUT2D eigenvalue weighted by molar-refractivity contribution is 0.182. The van der Waals surface area contributed by atoms with Gasteiger partial charge in [-0.25, -0.2) is 14.0 Å². The molecule has 1 aromatic heterocycles. The Morgan fingerprint density at radius 2 is 1.67 bits per heavy atom. The monoisotopic (exact) mass is 436 g/mol. The minimum absolute atomic E-state index is 0.175. The maximum absolute atomic E-state index is 13.5. The van der Waals surface area contributed by atoms with Crippen LogP contribution in [-0.2, 0) is 6.54 Å². The van der Waals surface area contributed by atoms with E-state index in [0.717, 1.165) is 35.1 Å². The highest BCUT2D eigenvalue weighted by Crippen LogP contribution is 2.25. The smallest absolute Gasteiger partial charge is 0.290 e. The fourth-order valence-electron chi connectivity index (χ4n) is 4.59. The van der Waals surface area contributed by atoms with Crippen molar-refractivity contribution < 1.29 is 0 Å². The van der Waals surface area contributed by atoms with E-state index in [2.05, 4.69) is 35.8 Å². The quantitative estimate of drug-likeness (QED) is 0.434. The molecule has 1 fully saturated rings. The zero-order chi connectivity index (χ0) is 22.6. The number of aromatic nitrogens is 3. The highest BCUT2D eigenvalue weighted by molar-refractivity contribution is 5.90. The number of piperidine rings is 1. The fourth-order valence-corrected chi connectivity index (χ4v) is 4.59. The predicted octanol–water partition coefficient (Wildman–Crippen LogP) is 4.73. The van der Waals surface area contributed by atoms with Crippen LogP contribution in [-0.4, -0.2) is 38.4 Å². The van der Waals surface area contributed by atoms with Crippen molar-refractivity contribution in [2.24, 2.45) is 0 Å². The van der Waals surface area contributed by atoms with Crippen molar-refractivity contribution in [3.05, 3.63) is 83.3 Å². The van der Waals surface area contributed by atoms with Gasteiger partial charge in [-0.2, -0.15) is 0 Å². The molecular weight excluding hydrogens is 408 g/mol. The van der Waals surface area contributed by atoms with Gasteiger partial charge in [-0.3, -0.25) is 4.90 Å². The first-order valence-corrected chi connectivity index (χ1v) is 11.7. The summed E-state index contributed by atoms with van der Waals surface area (Å²) in [6, 6.07) is 24.6. The van der Waals surface area contributed by atoms with Crippen LogP contribution < -0.4 is 5.69 Å². The molecule has 1 aliphatic rings. The lowest BCUT2D eigenvalue weighted by Crippen LogP contribution is -2.37. The van der Waals surface area contributed by atoms with Crippen LogP contribution in [0.5, 0.6) is 0 Å². The van der Waals surface area contributed by atoms with Crippen molar-refractivity contribution in [3.63, 3.8) is 0 Å². The third-order valence-corrected chi connectivity index (χ3v) is 6.46. The van der Waals surface area contributed by atoms with E-state index in [1.165, 1.54) is 23.9 Å². The summed E-state index contributed by atoms with van der Waals surface area (Å²) in [5.41, 5.74) is 1.56. The third kappa shape index (κ3) is 4.35. The number of fused-ring (bicyclic) bond motifs is 1. The molecule has 0 bridgehead atoms. The standard InChI is InChI=1S/C28H28N4O/c1-22-12-7-8-19-30(22)20-9-10-21-31-28(33)32(27(29-31)24-14-3-2-4-15-24)26-18-11-16-23-13-5-6-17-25(23)26/h2-6,11,13-18,22H,7-8,12,19-21H2,1H3. The lowest BCUT2D eigenvalue weighted by Gasteiger charge is -2.31. The van der Waals surface area contributed by atoms with Crippen LogP contribution in [0, 0.1) is 11.8 Å². The molecule has 5 heteroatoms. The second-order valence-corrected chi connectivity index (χ2v) is 8.63. The number of likely N-dealkylation sites (tertiary alicyclic amines) is 1. The van der Waals surface area contributed by atoms with Gasteiger partial charge in [0.15, 0.2) is 5.82 Å². The largest absolute Gasteiger partial charge is 0.351 e. The summed E-state index contributed by atoms with van der Waals surface area (Å²) >= 11 is 0. The molecular formula is C28H28N4O. The van der Waals surface area contributed by atoms with Crippen LogP contribution in [0.3, 0.4) is 0 Å². The summed E-state index contributed by atoms with van der Waals surface area (Å²) in [4.78, 5) is 16.0. The lowest BCUT2D eigenvalue weighted by atomic mass is 10.0. The van der Waals surface area contributed by atoms with Crippen molar-refractivity contribution in [3.8, 4) is 28.9 Å². The molecule has 5 nitrogen and oxygen atoms in total. The summed E-state index contributed by atoms with van der Waals surface area (Å²) < 4.78 is 3.20. The number of nitrogens with zero attached hydrogens (tertiary/aromatic N) is 4. The molecule has 1 unspecified atom stereocenters. The first-order valence-electron chi connectivity index (χ1n) is 11.7. The molecule has 2 heterocycles. The summed E-state index contributed by atoms with van der Waals surface area (Å²) in [6.07, 6.45) is 3.77. The van der Waals surface area contributed by atoms with E-state index in [4.69, 9.17) is 5.10 Å². The Bertz CT molecular complexity index is 1370. The zero-order valence-electron chi connectivity index (χ0n) is 18.9. The molecule has 0 N–H and O–H groups in total. The summed E-state index contributed by atoms with van der Waals surface area (Å²) in [5, 5.41) is 6.82. The summed E-state index contributed by atoms with van der Waals surface area (Å²) in [6.45, 7) is 4.39. The number of rotatable bonds is 4. The maximum atomic E-state index is 13.5. The fraction of sp³-hybridized carbons (Fsp3) is 0.286. The Morgan fingerprint density at radius 1 is 0.909 bits per heavy atom. The molecule has 5 rings (SSSR count). The zero-order valence-corrected chi connectivity index (χ0v) is 18.9. The first kappa shape index (κ1) is 21.2. The van der Waals surface area contributed by atoms with Crippen molar-refractivity contribution >= 4 is 10.8 Å². The minimum atomic E-state index is -0.175. The molecule has 1 aliphatic heterocycles. The topological polar surface area (TPSA) is 43.1 Å². The van der Waals surface area contributed by atoms with Gasteiger partial charge in [-0.1, -0.05) is 85.0 Å². The highest BCUT2D eigenvalue weighted by atomic mass is 16.2. The van der Waals surface area contributed by atoms with E-state index >= 15 is 0 Å². The normalized spacial score (nSPS) is 16.5. The Morgan fingerprint density at radius 3 is 2.52 bits per heavy atom. The summed E-state index contributed by atoms with van der Waals surface area (Å²) in [5.74, 6) is 7.08. The molecule has 1 saturated heterocycles. The van der Waals surface area contributed by atoms with Gasteiger partial charge in [0.05, 0.1) is 12.2 Å². The molecule has 0 aliphatic carbocycles. The SMILES string of the molecule is CC1CCCCN1CC#CCn1nc(-c2ccccc2)n(-c2cccc3ccccc23)c1=O. The van der Waals surface area contributed by atoms with Gasteiger partial charge < -0.3 is 0 Å². The van der Waals surface area contributed by atoms with Crippen molar-refractivity contribution in [1.29, 1.82) is 0 Å². The second-order valence-electron chi connectivity index (χ2n) is 8.63. The van der Waals surface area contributed by atoms with Crippen LogP contribution in [0.15, 0.2) is 77.6 Å². The van der Waals surface area contributed by atoms with Gasteiger partial charge in [0.25, 0.3) is 0 Å². The van der Waals surface area contributed by atoms with Crippen LogP contribution in [0.2, 0.25) is 0 Å². The van der Waals surface area contributed by atoms with Gasteiger partial charge in [0.2, 0.25) is 0 Å². The van der Waals surface area contributed by atoms with Gasteiger partial charge in [0, 0.05) is 17.0 Å². The molecule has 166 valence electrons. The third-order valence-electron chi connectivity index (χ3n) is 6.46. The second kappa shape index (κ2) is 9.48. The molecule has 3 aromatic carbocycles. The average molecular weight is 437 g/mol. The van der Waals surface area contributed by atoms with Crippen molar-refractivity contribution in [2.75, 3.05) is 13.1 Å². The van der Waals surface area contributed by atoms with E-state index in [1.807, 2.05) is 60.7 Å². The van der Waals surface area contributed by atoms with Crippen LogP contribution in [0.25, 0.3) is 27.8 Å². The Labute approximate surface area is 194 Å². The highest BCUT2D eigenvalue weighted by Gasteiger charge is 2.18.